The third-order valence-corrected chi connectivity index (χ3v) is 3.61. The fourth-order valence-corrected chi connectivity index (χ4v) is 2.35. The molecule has 1 aliphatic rings. The summed E-state index contributed by atoms with van der Waals surface area (Å²) in [6.07, 6.45) is 3.88. The second kappa shape index (κ2) is 5.40. The van der Waals surface area contributed by atoms with Crippen molar-refractivity contribution < 1.29 is 14.3 Å². The van der Waals surface area contributed by atoms with Crippen LogP contribution in [-0.4, -0.2) is 24.6 Å². The minimum atomic E-state index is -0.717. The van der Waals surface area contributed by atoms with Gasteiger partial charge in [0, 0.05) is 4.90 Å². The Morgan fingerprint density at radius 1 is 1.39 bits per heavy atom. The molecule has 1 aromatic carbocycles. The molecule has 0 N–H and O–H groups in total. The van der Waals surface area contributed by atoms with Crippen LogP contribution in [0.15, 0.2) is 34.7 Å². The number of hydrogen-bond acceptors (Lipinski definition) is 4. The molecule has 1 unspecified atom stereocenters. The van der Waals surface area contributed by atoms with Gasteiger partial charge in [-0.15, -0.1) is 11.8 Å². The van der Waals surface area contributed by atoms with E-state index in [0.29, 0.717) is 0 Å². The maximum Gasteiger partial charge on any atom is 0.321 e. The maximum atomic E-state index is 11.4. The van der Waals surface area contributed by atoms with Crippen LogP contribution in [0.2, 0.25) is 0 Å². The molecule has 3 nitrogen and oxygen atoms in total. The minimum Gasteiger partial charge on any atom is -0.460 e. The van der Waals surface area contributed by atoms with E-state index < -0.39 is 11.9 Å². The molecule has 0 radical (unpaired) electrons. The lowest BCUT2D eigenvalue weighted by molar-refractivity contribution is -0.143. The highest BCUT2D eigenvalue weighted by molar-refractivity contribution is 7.98. The molecule has 0 aromatic heterocycles. The fourth-order valence-electron chi connectivity index (χ4n) is 1.94. The summed E-state index contributed by atoms with van der Waals surface area (Å²) in [7, 11) is 0. The van der Waals surface area contributed by atoms with Crippen LogP contribution in [0.5, 0.6) is 0 Å². The summed E-state index contributed by atoms with van der Waals surface area (Å²) in [5.74, 6) is -1.32. The Bertz CT molecular complexity index is 502. The average molecular weight is 262 g/mol. The van der Waals surface area contributed by atoms with Crippen LogP contribution < -0.4 is 0 Å². The van der Waals surface area contributed by atoms with E-state index >= 15 is 0 Å². The van der Waals surface area contributed by atoms with Crippen molar-refractivity contribution >= 4 is 29.6 Å². The average Bonchev–Trinajstić information content (AvgIpc) is 2.71. The molecule has 1 heterocycles. The number of thioether (sulfide) groups is 1. The molecule has 94 valence electrons. The van der Waals surface area contributed by atoms with Crippen LogP contribution in [0.4, 0.5) is 0 Å². The number of benzene rings is 1. The van der Waals surface area contributed by atoms with Crippen LogP contribution in [0, 0.1) is 5.92 Å². The van der Waals surface area contributed by atoms with Gasteiger partial charge in [-0.1, -0.05) is 18.2 Å². The Morgan fingerprint density at radius 3 is 2.61 bits per heavy atom. The first kappa shape index (κ1) is 12.9. The molecule has 0 saturated carbocycles. The zero-order chi connectivity index (χ0) is 13.1. The number of esters is 1. The number of carbonyl (C=O) groups excluding carboxylic acids is 2. The first-order valence-electron chi connectivity index (χ1n) is 5.63. The van der Waals surface area contributed by atoms with E-state index in [0.717, 1.165) is 11.1 Å². The van der Waals surface area contributed by atoms with Gasteiger partial charge in [-0.3, -0.25) is 9.59 Å². The van der Waals surface area contributed by atoms with Crippen molar-refractivity contribution in [2.75, 3.05) is 12.9 Å². The Morgan fingerprint density at radius 2 is 2.06 bits per heavy atom. The van der Waals surface area contributed by atoms with Gasteiger partial charge in [0.25, 0.3) is 0 Å². The van der Waals surface area contributed by atoms with E-state index in [1.165, 1.54) is 11.8 Å². The highest BCUT2D eigenvalue weighted by atomic mass is 32.2. The van der Waals surface area contributed by atoms with Gasteiger partial charge in [-0.2, -0.15) is 0 Å². The summed E-state index contributed by atoms with van der Waals surface area (Å²) in [6.45, 7) is 1.63. The van der Waals surface area contributed by atoms with Crippen molar-refractivity contribution in [3.05, 3.63) is 35.4 Å². The van der Waals surface area contributed by atoms with Gasteiger partial charge in [0.15, 0.2) is 0 Å². The summed E-state index contributed by atoms with van der Waals surface area (Å²) in [5, 5.41) is 0. The van der Waals surface area contributed by atoms with Crippen molar-refractivity contribution in [1.29, 1.82) is 0 Å². The topological polar surface area (TPSA) is 43.4 Å². The van der Waals surface area contributed by atoms with E-state index in [2.05, 4.69) is 0 Å². The standard InChI is InChI=1S/C14H14O3S/c1-9(15)13-11(8-17-14(13)16)7-10-3-5-12(18-2)6-4-10/h3-7,13H,8H2,1-2H3. The molecule has 0 bridgehead atoms. The van der Waals surface area contributed by atoms with Crippen molar-refractivity contribution in [3.63, 3.8) is 0 Å². The zero-order valence-corrected chi connectivity index (χ0v) is 11.1. The van der Waals surface area contributed by atoms with Gasteiger partial charge >= 0.3 is 5.97 Å². The SMILES string of the molecule is CSc1ccc(C=C2COC(=O)C2C(C)=O)cc1. The molecule has 18 heavy (non-hydrogen) atoms. The minimum absolute atomic E-state index is 0.163. The normalized spacial score (nSPS) is 21.1. The van der Waals surface area contributed by atoms with E-state index in [1.807, 2.05) is 36.6 Å². The molecule has 2 rings (SSSR count). The highest BCUT2D eigenvalue weighted by Gasteiger charge is 2.35. The smallest absolute Gasteiger partial charge is 0.321 e. The molecule has 0 aliphatic carbocycles. The van der Waals surface area contributed by atoms with E-state index in [-0.39, 0.29) is 12.4 Å². The lowest BCUT2D eigenvalue weighted by Crippen LogP contribution is -2.17. The van der Waals surface area contributed by atoms with Gasteiger partial charge in [-0.05, 0) is 36.4 Å². The second-order valence-corrected chi connectivity index (χ2v) is 5.02. The first-order valence-corrected chi connectivity index (χ1v) is 6.86. The molecule has 1 atom stereocenters. The monoisotopic (exact) mass is 262 g/mol. The summed E-state index contributed by atoms with van der Waals surface area (Å²) < 4.78 is 4.92. The highest BCUT2D eigenvalue weighted by Crippen LogP contribution is 2.25. The molecule has 1 aliphatic heterocycles. The number of ketones is 1. The molecule has 0 spiro atoms. The van der Waals surface area contributed by atoms with E-state index in [4.69, 9.17) is 4.74 Å². The number of carbonyl (C=O) groups is 2. The molecular weight excluding hydrogens is 248 g/mol. The van der Waals surface area contributed by atoms with Crippen LogP contribution in [-0.2, 0) is 14.3 Å². The predicted octanol–water partition coefficient (Wildman–Crippen LogP) is 2.55. The van der Waals surface area contributed by atoms with Crippen LogP contribution in [0.25, 0.3) is 6.08 Å². The largest absolute Gasteiger partial charge is 0.460 e. The number of ether oxygens (including phenoxy) is 1. The predicted molar refractivity (Wildman–Crippen MR) is 71.3 cm³/mol. The molecule has 0 amide bonds. The van der Waals surface area contributed by atoms with Gasteiger partial charge in [0.05, 0.1) is 0 Å². The summed E-state index contributed by atoms with van der Waals surface area (Å²) in [5.41, 5.74) is 1.72. The number of cyclic esters (lactones) is 1. The van der Waals surface area contributed by atoms with E-state index in [9.17, 15) is 9.59 Å². The van der Waals surface area contributed by atoms with Crippen molar-refractivity contribution in [2.45, 2.75) is 11.8 Å². The molecule has 1 saturated heterocycles. The molecule has 4 heteroatoms. The first-order chi connectivity index (χ1) is 8.61. The number of hydrogen-bond donors (Lipinski definition) is 0. The van der Waals surface area contributed by atoms with Crippen LogP contribution in [0.1, 0.15) is 12.5 Å². The van der Waals surface area contributed by atoms with Crippen molar-refractivity contribution in [1.82, 2.24) is 0 Å². The van der Waals surface area contributed by atoms with Gasteiger partial charge < -0.3 is 4.74 Å². The van der Waals surface area contributed by atoms with Crippen LogP contribution >= 0.6 is 11.8 Å². The Labute approximate surface area is 110 Å². The summed E-state index contributed by atoms with van der Waals surface area (Å²) >= 11 is 1.67. The van der Waals surface area contributed by atoms with Gasteiger partial charge in [0.2, 0.25) is 0 Å². The lowest BCUT2D eigenvalue weighted by Gasteiger charge is -2.03. The molecule has 1 aromatic rings. The Hall–Kier alpha value is -1.55. The quantitative estimate of drug-likeness (QED) is 0.477. The Kier molecular flexibility index (Phi) is 3.87. The van der Waals surface area contributed by atoms with Gasteiger partial charge in [-0.25, -0.2) is 0 Å². The number of Topliss-reactive ketones (excluding diaryl/α,β-unsaturated/α-hetero) is 1. The molecule has 1 fully saturated rings. The zero-order valence-electron chi connectivity index (χ0n) is 10.3. The lowest BCUT2D eigenvalue weighted by atomic mass is 9.96. The fraction of sp³-hybridized carbons (Fsp3) is 0.286. The van der Waals surface area contributed by atoms with E-state index in [1.54, 1.807) is 11.8 Å². The maximum absolute atomic E-state index is 11.4. The summed E-state index contributed by atoms with van der Waals surface area (Å²) in [6, 6.07) is 7.96. The van der Waals surface area contributed by atoms with Crippen molar-refractivity contribution in [2.24, 2.45) is 5.92 Å². The second-order valence-electron chi connectivity index (χ2n) is 4.14. The summed E-state index contributed by atoms with van der Waals surface area (Å²) in [4.78, 5) is 24.0. The Balaban J connectivity index is 2.26. The van der Waals surface area contributed by atoms with Gasteiger partial charge in [0.1, 0.15) is 18.3 Å². The van der Waals surface area contributed by atoms with Crippen LogP contribution in [0.3, 0.4) is 0 Å². The third-order valence-electron chi connectivity index (χ3n) is 2.86. The third kappa shape index (κ3) is 2.64. The molecular formula is C14H14O3S. The van der Waals surface area contributed by atoms with Crippen molar-refractivity contribution in [3.8, 4) is 0 Å². The number of rotatable bonds is 3.